The van der Waals surface area contributed by atoms with Crippen LogP contribution in [0.1, 0.15) is 13.2 Å². The summed E-state index contributed by atoms with van der Waals surface area (Å²) in [5.41, 5.74) is 5.99. The van der Waals surface area contributed by atoms with Crippen molar-refractivity contribution in [2.75, 3.05) is 5.73 Å². The molecule has 7 atom stereocenters. The van der Waals surface area contributed by atoms with Gasteiger partial charge in [-0.3, -0.25) is 9.09 Å². The van der Waals surface area contributed by atoms with Crippen molar-refractivity contribution in [2.45, 2.75) is 36.3 Å². The fourth-order valence-electron chi connectivity index (χ4n) is 3.13. The van der Waals surface area contributed by atoms with Crippen molar-refractivity contribution in [3.63, 3.8) is 0 Å². The summed E-state index contributed by atoms with van der Waals surface area (Å²) in [6.45, 7) is 1.09. The molecule has 7 N–H and O–H groups in total. The van der Waals surface area contributed by atoms with E-state index in [9.17, 15) is 28.6 Å². The number of aromatic nitrogens is 4. The molecule has 1 aliphatic heterocycles. The number of phosphoric acid groups is 3. The number of hydrogen-bond acceptors (Lipinski definition) is 12. The Morgan fingerprint density at radius 2 is 1.89 bits per heavy atom. The number of aliphatic hydroxyl groups is 1. The largest absolute Gasteiger partial charge is 0.490 e. The molecular formula is C13H16Cl2N5O12P3. The predicted molar refractivity (Wildman–Crippen MR) is 116 cm³/mol. The van der Waals surface area contributed by atoms with Crippen LogP contribution in [-0.4, -0.2) is 67.4 Å². The molecule has 1 fully saturated rings. The molecule has 17 nitrogen and oxygen atoms in total. The van der Waals surface area contributed by atoms with Crippen molar-refractivity contribution in [3.8, 4) is 11.3 Å². The van der Waals surface area contributed by atoms with Gasteiger partial charge in [-0.2, -0.15) is 13.6 Å². The van der Waals surface area contributed by atoms with Crippen LogP contribution in [0.25, 0.3) is 11.2 Å². The summed E-state index contributed by atoms with van der Waals surface area (Å²) in [7, 11) is -16.9. The molecule has 3 unspecified atom stereocenters. The molecule has 0 aromatic carbocycles. The summed E-state index contributed by atoms with van der Waals surface area (Å²) in [5.74, 6) is 2.25. The number of ether oxygens (including phenoxy) is 1. The van der Waals surface area contributed by atoms with E-state index in [2.05, 4.69) is 29.5 Å². The molecule has 22 heteroatoms. The average Bonchev–Trinajstić information content (AvgIpc) is 3.17. The number of imidazole rings is 1. The molecule has 194 valence electrons. The summed E-state index contributed by atoms with van der Waals surface area (Å²) in [6, 6.07) is 0. The van der Waals surface area contributed by atoms with Gasteiger partial charge in [-0.05, 0) is 18.5 Å². The SMILES string of the molecule is C[C@@H](OP(=O)(O)OP(=O)(O)OP(=O)(O)O)[C@H]1O[C@@H](n2cnc3cnc(N)nc32)C(Cl)(C#CCl)[C@H]1O. The lowest BCUT2D eigenvalue weighted by molar-refractivity contribution is -0.0728. The summed E-state index contributed by atoms with van der Waals surface area (Å²) in [4.78, 5) is 46.2. The highest BCUT2D eigenvalue weighted by molar-refractivity contribution is 7.66. The molecule has 35 heavy (non-hydrogen) atoms. The number of alkyl halides is 1. The van der Waals surface area contributed by atoms with Gasteiger partial charge < -0.3 is 35.2 Å². The number of aliphatic hydroxyl groups excluding tert-OH is 1. The number of halogens is 2. The van der Waals surface area contributed by atoms with E-state index in [1.165, 1.54) is 17.1 Å². The van der Waals surface area contributed by atoms with Crippen molar-refractivity contribution in [3.05, 3.63) is 12.5 Å². The van der Waals surface area contributed by atoms with E-state index >= 15 is 0 Å². The van der Waals surface area contributed by atoms with E-state index in [0.29, 0.717) is 0 Å². The fraction of sp³-hybridized carbons (Fsp3) is 0.462. The smallest absolute Gasteiger partial charge is 0.387 e. The summed E-state index contributed by atoms with van der Waals surface area (Å²) in [6.07, 6.45) is -3.82. The summed E-state index contributed by atoms with van der Waals surface area (Å²) < 4.78 is 53.5. The van der Waals surface area contributed by atoms with Crippen molar-refractivity contribution >= 4 is 63.8 Å². The van der Waals surface area contributed by atoms with E-state index in [4.69, 9.17) is 48.0 Å². The third kappa shape index (κ3) is 6.40. The van der Waals surface area contributed by atoms with Gasteiger partial charge in [0.15, 0.2) is 16.7 Å². The topological polar surface area (TPSA) is 259 Å². The number of rotatable bonds is 8. The van der Waals surface area contributed by atoms with Crippen molar-refractivity contribution in [1.29, 1.82) is 0 Å². The van der Waals surface area contributed by atoms with Gasteiger partial charge >= 0.3 is 23.5 Å². The Kier molecular flexibility index (Phi) is 8.06. The Morgan fingerprint density at radius 1 is 1.23 bits per heavy atom. The lowest BCUT2D eigenvalue weighted by atomic mass is 9.97. The van der Waals surface area contributed by atoms with Gasteiger partial charge in [-0.15, -0.1) is 0 Å². The Balaban J connectivity index is 1.89. The average molecular weight is 598 g/mol. The van der Waals surface area contributed by atoms with Gasteiger partial charge in [0.25, 0.3) is 0 Å². The Hall–Kier alpha value is -1.18. The second-order valence-electron chi connectivity index (χ2n) is 6.88. The molecule has 0 amide bonds. The molecule has 1 aliphatic rings. The number of fused-ring (bicyclic) bond motifs is 1. The number of nitrogens with zero attached hydrogens (tertiary/aromatic N) is 4. The zero-order chi connectivity index (χ0) is 26.4. The zero-order valence-electron chi connectivity index (χ0n) is 17.0. The van der Waals surface area contributed by atoms with Gasteiger partial charge in [-0.1, -0.05) is 17.5 Å². The Bertz CT molecular complexity index is 1330. The van der Waals surface area contributed by atoms with Crippen LogP contribution in [-0.2, 0) is 31.6 Å². The maximum absolute atomic E-state index is 12.2. The highest BCUT2D eigenvalue weighted by Gasteiger charge is 2.58. The van der Waals surface area contributed by atoms with Gasteiger partial charge in [-0.25, -0.2) is 23.7 Å². The minimum atomic E-state index is -5.77. The number of nitrogen functional groups attached to an aromatic ring is 1. The lowest BCUT2D eigenvalue weighted by Crippen LogP contribution is -2.43. The first-order chi connectivity index (χ1) is 16.0. The first-order valence-electron chi connectivity index (χ1n) is 8.90. The van der Waals surface area contributed by atoms with Crippen LogP contribution in [0.4, 0.5) is 5.95 Å². The van der Waals surface area contributed by atoms with Crippen LogP contribution in [0, 0.1) is 11.3 Å². The number of phosphoric ester groups is 1. The monoisotopic (exact) mass is 597 g/mol. The quantitative estimate of drug-likeness (QED) is 0.138. The molecule has 0 saturated carbocycles. The van der Waals surface area contributed by atoms with Crippen LogP contribution >= 0.6 is 46.7 Å². The second kappa shape index (κ2) is 9.94. The number of nitrogens with two attached hydrogens (primary N) is 1. The molecule has 2 aromatic rings. The molecule has 0 bridgehead atoms. The second-order valence-corrected chi connectivity index (χ2v) is 12.1. The standard InChI is InChI=1S/C13H16Cl2N5O12P3/c1-6(30-34(25,26)32-35(27,28)31-33(22,23)24)8-9(21)13(15,2-3-14)11(29-8)20-5-18-7-4-17-12(16)19-10(7)20/h4-6,8-9,11,21H,1H3,(H,25,26)(H,27,28)(H2,16,17,19)(H2,22,23,24)/t6-,8-,9+,11-,13?/m1/s1. The minimum Gasteiger partial charge on any atom is -0.387 e. The Labute approximate surface area is 205 Å². The highest BCUT2D eigenvalue weighted by Crippen LogP contribution is 2.66. The molecule has 0 radical (unpaired) electrons. The maximum Gasteiger partial charge on any atom is 0.490 e. The molecule has 0 aliphatic carbocycles. The van der Waals surface area contributed by atoms with Gasteiger partial charge in [0.05, 0.1) is 18.6 Å². The Morgan fingerprint density at radius 3 is 2.49 bits per heavy atom. The number of hydrogen-bond donors (Lipinski definition) is 6. The van der Waals surface area contributed by atoms with Crippen molar-refractivity contribution in [1.82, 2.24) is 19.5 Å². The molecule has 0 spiro atoms. The maximum atomic E-state index is 12.2. The van der Waals surface area contributed by atoms with Crippen LogP contribution in [0.2, 0.25) is 0 Å². The van der Waals surface area contributed by atoms with Gasteiger partial charge in [0, 0.05) is 5.38 Å². The van der Waals surface area contributed by atoms with Gasteiger partial charge in [0.2, 0.25) is 5.95 Å². The normalized spacial score (nSPS) is 29.2. The fourth-order valence-corrected chi connectivity index (χ4v) is 6.86. The molecule has 3 heterocycles. The molecule has 2 aromatic heterocycles. The van der Waals surface area contributed by atoms with Crippen LogP contribution in [0.3, 0.4) is 0 Å². The van der Waals surface area contributed by atoms with Crippen LogP contribution < -0.4 is 5.73 Å². The van der Waals surface area contributed by atoms with Crippen LogP contribution in [0.15, 0.2) is 12.5 Å². The van der Waals surface area contributed by atoms with Crippen LogP contribution in [0.5, 0.6) is 0 Å². The lowest BCUT2D eigenvalue weighted by Gasteiger charge is -2.26. The summed E-state index contributed by atoms with van der Waals surface area (Å²) >= 11 is 12.1. The van der Waals surface area contributed by atoms with Crippen molar-refractivity contribution in [2.24, 2.45) is 0 Å². The predicted octanol–water partition coefficient (Wildman–Crippen LogP) is 0.576. The third-order valence-corrected chi connectivity index (χ3v) is 8.92. The molecule has 3 rings (SSSR count). The van der Waals surface area contributed by atoms with E-state index < -0.39 is 52.9 Å². The molecule has 1 saturated heterocycles. The first-order valence-corrected chi connectivity index (χ1v) is 14.2. The number of anilines is 1. The minimum absolute atomic E-state index is 0.122. The third-order valence-electron chi connectivity index (χ3n) is 4.39. The van der Waals surface area contributed by atoms with E-state index in [1.807, 2.05) is 5.38 Å². The van der Waals surface area contributed by atoms with E-state index in [-0.39, 0.29) is 17.1 Å². The molecular weight excluding hydrogens is 582 g/mol. The van der Waals surface area contributed by atoms with E-state index in [1.54, 1.807) is 0 Å². The van der Waals surface area contributed by atoms with Crippen molar-refractivity contribution < 1.29 is 56.3 Å². The highest BCUT2D eigenvalue weighted by atomic mass is 35.5. The summed E-state index contributed by atoms with van der Waals surface area (Å²) in [5, 5.41) is 12.9. The van der Waals surface area contributed by atoms with E-state index in [0.717, 1.165) is 6.92 Å². The zero-order valence-corrected chi connectivity index (χ0v) is 21.2. The first kappa shape index (κ1) is 28.4. The van der Waals surface area contributed by atoms with Gasteiger partial charge in [0.1, 0.15) is 17.7 Å².